The van der Waals surface area contributed by atoms with E-state index in [1.807, 2.05) is 60.0 Å². The molecule has 0 aliphatic carbocycles. The number of hydrogen-bond donors (Lipinski definition) is 1. The average molecular weight is 458 g/mol. The van der Waals surface area contributed by atoms with Gasteiger partial charge in [0.15, 0.2) is 0 Å². The number of aromatic nitrogens is 4. The van der Waals surface area contributed by atoms with E-state index < -0.39 is 0 Å². The van der Waals surface area contributed by atoms with Crippen molar-refractivity contribution in [1.29, 1.82) is 0 Å². The number of nitrogens with zero attached hydrogens (tertiary/aromatic N) is 4. The second-order valence-electron chi connectivity index (χ2n) is 7.18. The standard InChI is InChI=1S/C24H19N5OS2/c1-16-7-9-17(10-8-16)20-13-21(29(28-20)18-5-3-2-4-6-18)27-22(30)14-32-24-19-11-12-31-23(19)25-15-26-24/h2-13,15H,14H2,1H3,(H,27,30). The molecule has 158 valence electrons. The predicted octanol–water partition coefficient (Wildman–Crippen LogP) is 5.58. The molecule has 0 spiro atoms. The minimum absolute atomic E-state index is 0.121. The molecule has 0 bridgehead atoms. The number of anilines is 1. The van der Waals surface area contributed by atoms with Crippen LogP contribution in [0.1, 0.15) is 5.56 Å². The Bertz CT molecular complexity index is 1380. The minimum atomic E-state index is -0.121. The van der Waals surface area contributed by atoms with E-state index in [0.29, 0.717) is 5.82 Å². The molecule has 0 unspecified atom stereocenters. The highest BCUT2D eigenvalue weighted by atomic mass is 32.2. The third kappa shape index (κ3) is 4.28. The highest BCUT2D eigenvalue weighted by molar-refractivity contribution is 8.00. The summed E-state index contributed by atoms with van der Waals surface area (Å²) in [7, 11) is 0. The Kier molecular flexibility index (Phi) is 5.70. The number of nitrogens with one attached hydrogen (secondary N) is 1. The molecule has 0 radical (unpaired) electrons. The molecule has 6 nitrogen and oxygen atoms in total. The highest BCUT2D eigenvalue weighted by Gasteiger charge is 2.15. The maximum absolute atomic E-state index is 12.8. The van der Waals surface area contributed by atoms with Gasteiger partial charge in [-0.25, -0.2) is 14.6 Å². The SMILES string of the molecule is Cc1ccc(-c2cc(NC(=O)CSc3ncnc4sccc34)n(-c3ccccc3)n2)cc1. The van der Waals surface area contributed by atoms with Crippen molar-refractivity contribution in [3.63, 3.8) is 0 Å². The first kappa shape index (κ1) is 20.4. The summed E-state index contributed by atoms with van der Waals surface area (Å²) in [6.45, 7) is 2.05. The van der Waals surface area contributed by atoms with Crippen LogP contribution in [-0.2, 0) is 4.79 Å². The lowest BCUT2D eigenvalue weighted by Crippen LogP contribution is -2.17. The van der Waals surface area contributed by atoms with E-state index in [4.69, 9.17) is 5.10 Å². The summed E-state index contributed by atoms with van der Waals surface area (Å²) in [4.78, 5) is 22.3. The van der Waals surface area contributed by atoms with Crippen LogP contribution in [0.2, 0.25) is 0 Å². The monoisotopic (exact) mass is 457 g/mol. The van der Waals surface area contributed by atoms with Crippen LogP contribution in [0.15, 0.2) is 83.5 Å². The molecule has 8 heteroatoms. The lowest BCUT2D eigenvalue weighted by atomic mass is 10.1. The van der Waals surface area contributed by atoms with E-state index in [1.165, 1.54) is 23.7 Å². The van der Waals surface area contributed by atoms with E-state index in [-0.39, 0.29) is 11.7 Å². The van der Waals surface area contributed by atoms with E-state index in [0.717, 1.165) is 32.2 Å². The van der Waals surface area contributed by atoms with Crippen molar-refractivity contribution in [3.05, 3.63) is 84.0 Å². The number of benzene rings is 2. The Balaban J connectivity index is 1.39. The van der Waals surface area contributed by atoms with Crippen molar-refractivity contribution in [2.45, 2.75) is 11.9 Å². The van der Waals surface area contributed by atoms with Gasteiger partial charge in [0.1, 0.15) is 22.0 Å². The molecule has 0 atom stereocenters. The van der Waals surface area contributed by atoms with Gasteiger partial charge in [0.05, 0.1) is 17.1 Å². The Hall–Kier alpha value is -3.49. The van der Waals surface area contributed by atoms with Crippen LogP contribution < -0.4 is 5.32 Å². The van der Waals surface area contributed by atoms with Crippen molar-refractivity contribution in [2.75, 3.05) is 11.1 Å². The number of fused-ring (bicyclic) bond motifs is 1. The molecule has 1 N–H and O–H groups in total. The van der Waals surface area contributed by atoms with E-state index in [9.17, 15) is 4.79 Å². The quantitative estimate of drug-likeness (QED) is 0.266. The number of hydrogen-bond acceptors (Lipinski definition) is 6. The minimum Gasteiger partial charge on any atom is -0.310 e. The summed E-state index contributed by atoms with van der Waals surface area (Å²) in [6.07, 6.45) is 1.54. The zero-order valence-corrected chi connectivity index (χ0v) is 18.9. The van der Waals surface area contributed by atoms with Gasteiger partial charge in [0.25, 0.3) is 0 Å². The predicted molar refractivity (Wildman–Crippen MR) is 131 cm³/mol. The number of amides is 1. The van der Waals surface area contributed by atoms with Gasteiger partial charge in [-0.05, 0) is 30.5 Å². The van der Waals surface area contributed by atoms with Crippen LogP contribution in [0.25, 0.3) is 27.2 Å². The third-order valence-electron chi connectivity index (χ3n) is 4.89. The first-order chi connectivity index (χ1) is 15.7. The summed E-state index contributed by atoms with van der Waals surface area (Å²) in [5.74, 6) is 0.743. The van der Waals surface area contributed by atoms with Crippen LogP contribution in [0, 0.1) is 6.92 Å². The van der Waals surface area contributed by atoms with Gasteiger partial charge < -0.3 is 5.32 Å². The molecule has 1 amide bonds. The number of carbonyl (C=O) groups is 1. The van der Waals surface area contributed by atoms with Gasteiger partial charge in [-0.3, -0.25) is 4.79 Å². The molecular weight excluding hydrogens is 438 g/mol. The van der Waals surface area contributed by atoms with Crippen molar-refractivity contribution in [2.24, 2.45) is 0 Å². The first-order valence-electron chi connectivity index (χ1n) is 10.0. The van der Waals surface area contributed by atoms with Gasteiger partial charge in [-0.2, -0.15) is 5.10 Å². The Morgan fingerprint density at radius 1 is 1.06 bits per heavy atom. The number of thiophene rings is 1. The van der Waals surface area contributed by atoms with Crippen LogP contribution >= 0.6 is 23.1 Å². The number of thioether (sulfide) groups is 1. The van der Waals surface area contributed by atoms with E-state index in [2.05, 4.69) is 34.3 Å². The smallest absolute Gasteiger partial charge is 0.235 e. The summed E-state index contributed by atoms with van der Waals surface area (Å²) in [6, 6.07) is 21.9. The number of aryl methyl sites for hydroxylation is 1. The molecule has 3 heterocycles. The largest absolute Gasteiger partial charge is 0.310 e. The van der Waals surface area contributed by atoms with Crippen LogP contribution in [0.3, 0.4) is 0 Å². The fourth-order valence-corrected chi connectivity index (χ4v) is 4.88. The van der Waals surface area contributed by atoms with Crippen molar-refractivity contribution >= 4 is 45.0 Å². The van der Waals surface area contributed by atoms with E-state index in [1.54, 1.807) is 16.0 Å². The molecule has 3 aromatic heterocycles. The number of carbonyl (C=O) groups excluding carboxylic acids is 1. The topological polar surface area (TPSA) is 72.7 Å². The van der Waals surface area contributed by atoms with Gasteiger partial charge >= 0.3 is 0 Å². The van der Waals surface area contributed by atoms with Crippen LogP contribution in [-0.4, -0.2) is 31.4 Å². The molecule has 0 fully saturated rings. The molecule has 0 aliphatic heterocycles. The molecule has 5 rings (SSSR count). The lowest BCUT2D eigenvalue weighted by molar-refractivity contribution is -0.113. The van der Waals surface area contributed by atoms with Gasteiger partial charge in [-0.15, -0.1) is 11.3 Å². The maximum Gasteiger partial charge on any atom is 0.235 e. The zero-order chi connectivity index (χ0) is 21.9. The van der Waals surface area contributed by atoms with Crippen molar-refractivity contribution in [1.82, 2.24) is 19.7 Å². The van der Waals surface area contributed by atoms with Crippen molar-refractivity contribution < 1.29 is 4.79 Å². The van der Waals surface area contributed by atoms with Crippen LogP contribution in [0.4, 0.5) is 5.82 Å². The third-order valence-corrected chi connectivity index (χ3v) is 6.72. The van der Waals surface area contributed by atoms with Crippen LogP contribution in [0.5, 0.6) is 0 Å². The zero-order valence-electron chi connectivity index (χ0n) is 17.2. The van der Waals surface area contributed by atoms with Gasteiger partial charge in [0.2, 0.25) is 5.91 Å². The van der Waals surface area contributed by atoms with Gasteiger partial charge in [0, 0.05) is 17.0 Å². The van der Waals surface area contributed by atoms with Gasteiger partial charge in [-0.1, -0.05) is 59.8 Å². The molecule has 5 aromatic rings. The highest BCUT2D eigenvalue weighted by Crippen LogP contribution is 2.28. The summed E-state index contributed by atoms with van der Waals surface area (Å²) < 4.78 is 1.76. The average Bonchev–Trinajstić information content (AvgIpc) is 3.46. The molecular formula is C24H19N5OS2. The second-order valence-corrected chi connectivity index (χ2v) is 9.04. The summed E-state index contributed by atoms with van der Waals surface area (Å²) >= 11 is 2.97. The Labute approximate surface area is 193 Å². The maximum atomic E-state index is 12.8. The number of rotatable bonds is 6. The summed E-state index contributed by atoms with van der Waals surface area (Å²) in [5, 5.41) is 11.6. The lowest BCUT2D eigenvalue weighted by Gasteiger charge is -2.08. The molecule has 0 saturated heterocycles. The molecule has 2 aromatic carbocycles. The second kappa shape index (κ2) is 8.94. The number of para-hydroxylation sites is 1. The van der Waals surface area contributed by atoms with E-state index >= 15 is 0 Å². The van der Waals surface area contributed by atoms with Crippen molar-refractivity contribution in [3.8, 4) is 16.9 Å². The first-order valence-corrected chi connectivity index (χ1v) is 11.9. The normalized spacial score (nSPS) is 11.0. The Morgan fingerprint density at radius 2 is 1.88 bits per heavy atom. The fourth-order valence-electron chi connectivity index (χ4n) is 3.30. The molecule has 32 heavy (non-hydrogen) atoms. The molecule has 0 aliphatic rings. The summed E-state index contributed by atoms with van der Waals surface area (Å²) in [5.41, 5.74) is 3.86. The Morgan fingerprint density at radius 3 is 2.69 bits per heavy atom. The fraction of sp³-hybridized carbons (Fsp3) is 0.0833. The molecule has 0 saturated carbocycles.